The lowest BCUT2D eigenvalue weighted by atomic mass is 9.77. The Morgan fingerprint density at radius 3 is 2.22 bits per heavy atom. The van der Waals surface area contributed by atoms with E-state index in [9.17, 15) is 4.79 Å². The van der Waals surface area contributed by atoms with Crippen molar-refractivity contribution < 1.29 is 23.2 Å². The number of likely N-dealkylation sites (N-methyl/N-ethyl adjacent to an activating group) is 1. The predicted octanol–water partition coefficient (Wildman–Crippen LogP) is 3.33. The highest BCUT2D eigenvalue weighted by Gasteiger charge is 2.28. The van der Waals surface area contributed by atoms with Gasteiger partial charge in [-0.15, -0.1) is 0 Å². The summed E-state index contributed by atoms with van der Waals surface area (Å²) in [7, 11) is 6.77. The zero-order valence-electron chi connectivity index (χ0n) is 19.4. The van der Waals surface area contributed by atoms with Crippen LogP contribution in [0.25, 0.3) is 0 Å². The lowest BCUT2D eigenvalue weighted by Gasteiger charge is -2.38. The van der Waals surface area contributed by atoms with Gasteiger partial charge in [0, 0.05) is 6.42 Å². The third-order valence-electron chi connectivity index (χ3n) is 5.57. The van der Waals surface area contributed by atoms with Gasteiger partial charge < -0.3 is 18.4 Å². The maximum atomic E-state index is 12.2. The summed E-state index contributed by atoms with van der Waals surface area (Å²) in [6.07, 6.45) is 2.71. The molecule has 0 atom stereocenters. The number of rotatable bonds is 10. The minimum absolute atomic E-state index is 0.0232. The minimum atomic E-state index is -0.0599. The standard InChI is InChI=1S/C22H46N2O3/c1-21(2,3)18-22(4,5)19-27-20(25)10-13-23(6,7)11-9-12-24(8)14-16-26-17-15-24/h9-19H2,1-8H3/q+2. The van der Waals surface area contributed by atoms with Crippen LogP contribution in [-0.2, 0) is 14.3 Å². The number of hydrogen-bond acceptors (Lipinski definition) is 3. The van der Waals surface area contributed by atoms with Crippen LogP contribution in [0.15, 0.2) is 0 Å². The van der Waals surface area contributed by atoms with Crippen LogP contribution < -0.4 is 0 Å². The van der Waals surface area contributed by atoms with Gasteiger partial charge in [0.15, 0.2) is 0 Å². The van der Waals surface area contributed by atoms with E-state index in [1.54, 1.807) is 0 Å². The summed E-state index contributed by atoms with van der Waals surface area (Å²) in [5, 5.41) is 0. The van der Waals surface area contributed by atoms with Crippen molar-refractivity contribution in [1.29, 1.82) is 0 Å². The van der Waals surface area contributed by atoms with Crippen LogP contribution in [0, 0.1) is 10.8 Å². The van der Waals surface area contributed by atoms with Crippen molar-refractivity contribution in [2.45, 2.75) is 53.9 Å². The molecule has 5 nitrogen and oxygen atoms in total. The molecule has 0 bridgehead atoms. The highest BCUT2D eigenvalue weighted by Crippen LogP contribution is 2.33. The van der Waals surface area contributed by atoms with E-state index in [1.165, 1.54) is 13.0 Å². The first-order valence-electron chi connectivity index (χ1n) is 10.6. The number of esters is 1. The quantitative estimate of drug-likeness (QED) is 0.427. The summed E-state index contributed by atoms with van der Waals surface area (Å²) < 4.78 is 13.1. The highest BCUT2D eigenvalue weighted by atomic mass is 16.5. The van der Waals surface area contributed by atoms with Crippen molar-refractivity contribution in [3.63, 3.8) is 0 Å². The van der Waals surface area contributed by atoms with E-state index < -0.39 is 0 Å². The maximum Gasteiger partial charge on any atom is 0.311 e. The number of ether oxygens (including phenoxy) is 2. The molecule has 1 aliphatic rings. The Morgan fingerprint density at radius 2 is 1.67 bits per heavy atom. The number of nitrogens with zero attached hydrogens (tertiary/aromatic N) is 2. The Kier molecular flexibility index (Phi) is 8.77. The number of carbonyl (C=O) groups excluding carboxylic acids is 1. The number of quaternary nitrogens is 2. The topological polar surface area (TPSA) is 35.5 Å². The van der Waals surface area contributed by atoms with Gasteiger partial charge in [-0.2, -0.15) is 0 Å². The molecule has 0 saturated carbocycles. The first-order chi connectivity index (χ1) is 12.2. The molecule has 5 heteroatoms. The monoisotopic (exact) mass is 386 g/mol. The molecule has 0 spiro atoms. The maximum absolute atomic E-state index is 12.2. The molecular weight excluding hydrogens is 340 g/mol. The third-order valence-corrected chi connectivity index (χ3v) is 5.57. The second-order valence-corrected chi connectivity index (χ2v) is 11.5. The van der Waals surface area contributed by atoms with Crippen LogP contribution >= 0.6 is 0 Å². The molecule has 1 fully saturated rings. The average Bonchev–Trinajstić information content (AvgIpc) is 2.49. The molecule has 0 unspecified atom stereocenters. The molecule has 27 heavy (non-hydrogen) atoms. The second-order valence-electron chi connectivity index (χ2n) is 11.5. The van der Waals surface area contributed by atoms with Crippen molar-refractivity contribution in [2.24, 2.45) is 10.8 Å². The Labute approximate surface area is 168 Å². The van der Waals surface area contributed by atoms with Crippen molar-refractivity contribution in [2.75, 3.05) is 73.7 Å². The Balaban J connectivity index is 2.28. The second kappa shape index (κ2) is 9.71. The molecule has 0 radical (unpaired) electrons. The minimum Gasteiger partial charge on any atom is -0.465 e. The molecule has 1 heterocycles. The van der Waals surface area contributed by atoms with Gasteiger partial charge in [0.25, 0.3) is 0 Å². The average molecular weight is 387 g/mol. The number of carbonyl (C=O) groups is 1. The predicted molar refractivity (Wildman–Crippen MR) is 111 cm³/mol. The lowest BCUT2D eigenvalue weighted by molar-refractivity contribution is -0.926. The zero-order valence-corrected chi connectivity index (χ0v) is 19.4. The van der Waals surface area contributed by atoms with E-state index in [-0.39, 0.29) is 16.8 Å². The van der Waals surface area contributed by atoms with Crippen molar-refractivity contribution in [3.05, 3.63) is 0 Å². The summed E-state index contributed by atoms with van der Waals surface area (Å²) in [5.41, 5.74) is 0.268. The van der Waals surface area contributed by atoms with E-state index in [4.69, 9.17) is 9.47 Å². The zero-order chi connectivity index (χ0) is 20.8. The molecule has 0 aromatic rings. The lowest BCUT2D eigenvalue weighted by Crippen LogP contribution is -2.53. The molecule has 0 aliphatic carbocycles. The molecule has 160 valence electrons. The SMILES string of the molecule is CC(C)(C)CC(C)(C)COC(=O)CC[N+](C)(C)CCC[N+]1(C)CCOCC1. The molecule has 0 N–H and O–H groups in total. The Hall–Kier alpha value is -0.650. The number of hydrogen-bond donors (Lipinski definition) is 0. The van der Waals surface area contributed by atoms with Gasteiger partial charge in [0.05, 0.1) is 67.0 Å². The summed E-state index contributed by atoms with van der Waals surface area (Å²) in [4.78, 5) is 12.2. The van der Waals surface area contributed by atoms with Crippen LogP contribution in [0.2, 0.25) is 0 Å². The van der Waals surface area contributed by atoms with Crippen LogP contribution in [0.3, 0.4) is 0 Å². The van der Waals surface area contributed by atoms with E-state index >= 15 is 0 Å². The fourth-order valence-electron chi connectivity index (χ4n) is 4.23. The van der Waals surface area contributed by atoms with E-state index in [0.29, 0.717) is 13.0 Å². The summed E-state index contributed by atoms with van der Waals surface area (Å²) >= 11 is 0. The Morgan fingerprint density at radius 1 is 1.07 bits per heavy atom. The first-order valence-corrected chi connectivity index (χ1v) is 10.6. The molecular formula is C22H46N2O3+2. The van der Waals surface area contributed by atoms with Gasteiger partial charge in [0.2, 0.25) is 0 Å². The van der Waals surface area contributed by atoms with Crippen molar-refractivity contribution >= 4 is 5.97 Å². The van der Waals surface area contributed by atoms with Gasteiger partial charge >= 0.3 is 5.97 Å². The third kappa shape index (κ3) is 11.1. The van der Waals surface area contributed by atoms with Crippen LogP contribution in [0.4, 0.5) is 0 Å². The van der Waals surface area contributed by atoms with Gasteiger partial charge in [-0.05, 0) is 17.3 Å². The van der Waals surface area contributed by atoms with E-state index in [0.717, 1.165) is 54.8 Å². The largest absolute Gasteiger partial charge is 0.465 e. The van der Waals surface area contributed by atoms with E-state index in [1.807, 2.05) is 0 Å². The van der Waals surface area contributed by atoms with Gasteiger partial charge in [-0.25, -0.2) is 0 Å². The van der Waals surface area contributed by atoms with Gasteiger partial charge in [0.1, 0.15) is 13.1 Å². The summed E-state index contributed by atoms with van der Waals surface area (Å²) in [5.74, 6) is -0.0599. The first kappa shape index (κ1) is 24.4. The molecule has 0 aromatic carbocycles. The van der Waals surface area contributed by atoms with Crippen LogP contribution in [0.5, 0.6) is 0 Å². The summed E-state index contributed by atoms with van der Waals surface area (Å²) in [6, 6.07) is 0. The van der Waals surface area contributed by atoms with Crippen molar-refractivity contribution in [1.82, 2.24) is 0 Å². The fraction of sp³-hybridized carbons (Fsp3) is 0.955. The summed E-state index contributed by atoms with van der Waals surface area (Å²) in [6.45, 7) is 18.7. The fourth-order valence-corrected chi connectivity index (χ4v) is 4.23. The van der Waals surface area contributed by atoms with E-state index in [2.05, 4.69) is 55.8 Å². The normalized spacial score (nSPS) is 18.4. The van der Waals surface area contributed by atoms with Crippen LogP contribution in [-0.4, -0.2) is 88.6 Å². The van der Waals surface area contributed by atoms with Gasteiger partial charge in [-0.3, -0.25) is 4.79 Å². The molecule has 1 saturated heterocycles. The molecule has 1 rings (SSSR count). The highest BCUT2D eigenvalue weighted by molar-refractivity contribution is 5.69. The molecule has 1 aliphatic heterocycles. The van der Waals surface area contributed by atoms with Gasteiger partial charge in [-0.1, -0.05) is 34.6 Å². The number of morpholine rings is 1. The Bertz CT molecular complexity index is 461. The van der Waals surface area contributed by atoms with Crippen LogP contribution in [0.1, 0.15) is 53.9 Å². The smallest absolute Gasteiger partial charge is 0.311 e. The van der Waals surface area contributed by atoms with Crippen molar-refractivity contribution in [3.8, 4) is 0 Å². The molecule has 0 aromatic heterocycles. The molecule has 0 amide bonds.